The second kappa shape index (κ2) is 16.0. The van der Waals surface area contributed by atoms with E-state index in [-0.39, 0.29) is 18.2 Å². The maximum Gasteiger partial charge on any atom is 0.245 e. The molecule has 1 fully saturated rings. The van der Waals surface area contributed by atoms with Crippen LogP contribution in [0.15, 0.2) is 97.1 Å². The third-order valence-corrected chi connectivity index (χ3v) is 9.60. The van der Waals surface area contributed by atoms with Crippen LogP contribution in [0.3, 0.4) is 0 Å². The molecule has 46 heavy (non-hydrogen) atoms. The zero-order chi connectivity index (χ0) is 32.5. The molecule has 1 aliphatic heterocycles. The third-order valence-electron chi connectivity index (χ3n) is 8.81. The molecular formula is C37H43N4O4S-. The highest BCUT2D eigenvalue weighted by atomic mass is 32.2. The fraction of sp³-hybridized carbons (Fsp3) is 0.351. The van der Waals surface area contributed by atoms with Gasteiger partial charge in [0, 0.05) is 43.0 Å². The van der Waals surface area contributed by atoms with Crippen molar-refractivity contribution in [2.45, 2.75) is 58.2 Å². The molecule has 1 aliphatic rings. The van der Waals surface area contributed by atoms with E-state index in [0.29, 0.717) is 30.8 Å². The number of fused-ring (bicyclic) bond motifs is 1. The van der Waals surface area contributed by atoms with Gasteiger partial charge in [-0.25, -0.2) is 0 Å². The minimum atomic E-state index is -2.68. The number of nitrogens with one attached hydrogen (secondary N) is 1. The number of hydrogen-bond acceptors (Lipinski definition) is 5. The van der Waals surface area contributed by atoms with E-state index in [1.165, 1.54) is 9.87 Å². The minimum Gasteiger partial charge on any atom is -0.755 e. The van der Waals surface area contributed by atoms with Crippen LogP contribution in [0.25, 0.3) is 10.8 Å². The van der Waals surface area contributed by atoms with E-state index in [9.17, 15) is 18.4 Å². The number of amides is 2. The molecule has 0 aliphatic carbocycles. The van der Waals surface area contributed by atoms with E-state index in [1.54, 1.807) is 6.07 Å². The standard InChI is InChI=1S/C37H44N4O4S/c1-3-39(4-2)27-29-18-16-28(17-19-29)24-34(37(43)40-22-10-11-23-40)38-36(42)26-35(31-13-6-5-7-14-31)41(46(44)45)33-21-20-30-12-8-9-15-32(30)25-33/h5-9,12-21,25,34-35H,3-4,10-11,22-24,26-27H2,1-2H3,(H,38,42)(H,44,45)/p-1. The number of benzene rings is 4. The lowest BCUT2D eigenvalue weighted by molar-refractivity contribution is -0.135. The first-order valence-corrected chi connectivity index (χ1v) is 17.2. The highest BCUT2D eigenvalue weighted by molar-refractivity contribution is 7.80. The molecule has 8 nitrogen and oxygen atoms in total. The summed E-state index contributed by atoms with van der Waals surface area (Å²) in [6, 6.07) is 29.0. The SMILES string of the molecule is CCN(CC)Cc1ccc(CC(NC(=O)CC(c2ccccc2)N(c2ccc3ccccc3c2)S(=O)[O-])C(=O)N2CCCC2)cc1. The molecule has 0 aromatic heterocycles. The fourth-order valence-corrected chi connectivity index (χ4v) is 6.89. The topological polar surface area (TPSA) is 96.0 Å². The van der Waals surface area contributed by atoms with Gasteiger partial charge in [0.2, 0.25) is 11.8 Å². The summed E-state index contributed by atoms with van der Waals surface area (Å²) in [5.41, 5.74) is 3.30. The molecule has 1 N–H and O–H groups in total. The Hall–Kier alpha value is -4.05. The zero-order valence-corrected chi connectivity index (χ0v) is 27.5. The lowest BCUT2D eigenvalue weighted by Gasteiger charge is -2.35. The van der Waals surface area contributed by atoms with Crippen LogP contribution < -0.4 is 9.62 Å². The average molecular weight is 640 g/mol. The summed E-state index contributed by atoms with van der Waals surface area (Å²) in [7, 11) is 0. The summed E-state index contributed by atoms with van der Waals surface area (Å²) in [4.78, 5) is 31.7. The van der Waals surface area contributed by atoms with Crippen molar-refractivity contribution in [3.05, 3.63) is 114 Å². The summed E-state index contributed by atoms with van der Waals surface area (Å²) < 4.78 is 26.9. The number of likely N-dealkylation sites (tertiary alicyclic amines) is 1. The van der Waals surface area contributed by atoms with Crippen molar-refractivity contribution < 1.29 is 18.4 Å². The van der Waals surface area contributed by atoms with Crippen LogP contribution in [0.2, 0.25) is 0 Å². The first-order valence-electron chi connectivity index (χ1n) is 16.2. The van der Waals surface area contributed by atoms with Crippen molar-refractivity contribution in [2.24, 2.45) is 0 Å². The maximum absolute atomic E-state index is 13.8. The summed E-state index contributed by atoms with van der Waals surface area (Å²) in [5, 5.41) is 4.90. The third kappa shape index (κ3) is 8.40. The molecular weight excluding hydrogens is 596 g/mol. The van der Waals surface area contributed by atoms with Crippen LogP contribution in [0, 0.1) is 0 Å². The van der Waals surface area contributed by atoms with Gasteiger partial charge in [0.15, 0.2) is 0 Å². The molecule has 4 aromatic carbocycles. The summed E-state index contributed by atoms with van der Waals surface area (Å²) in [6.07, 6.45) is 2.08. The van der Waals surface area contributed by atoms with Crippen molar-refractivity contribution in [1.29, 1.82) is 0 Å². The second-order valence-corrected chi connectivity index (χ2v) is 12.7. The van der Waals surface area contributed by atoms with E-state index < -0.39 is 23.4 Å². The molecule has 0 spiro atoms. The van der Waals surface area contributed by atoms with Crippen LogP contribution in [0.1, 0.15) is 55.8 Å². The maximum atomic E-state index is 13.8. The highest BCUT2D eigenvalue weighted by Crippen LogP contribution is 2.33. The van der Waals surface area contributed by atoms with Gasteiger partial charge in [0.25, 0.3) is 0 Å². The van der Waals surface area contributed by atoms with Crippen molar-refractivity contribution in [3.63, 3.8) is 0 Å². The number of hydrogen-bond donors (Lipinski definition) is 1. The molecule has 0 bridgehead atoms. The molecule has 9 heteroatoms. The van der Waals surface area contributed by atoms with Gasteiger partial charge in [-0.1, -0.05) is 98.8 Å². The number of rotatable bonds is 14. The molecule has 1 saturated heterocycles. The molecule has 3 atom stereocenters. The molecule has 0 saturated carbocycles. The van der Waals surface area contributed by atoms with Gasteiger partial charge in [0.05, 0.1) is 12.5 Å². The Labute approximate surface area is 274 Å². The summed E-state index contributed by atoms with van der Waals surface area (Å²) in [6.45, 7) is 8.44. The van der Waals surface area contributed by atoms with E-state index in [4.69, 9.17) is 0 Å². The minimum absolute atomic E-state index is 0.104. The number of carbonyl (C=O) groups excluding carboxylic acids is 2. The molecule has 242 valence electrons. The van der Waals surface area contributed by atoms with Gasteiger partial charge in [0.1, 0.15) is 6.04 Å². The smallest absolute Gasteiger partial charge is 0.245 e. The monoisotopic (exact) mass is 639 g/mol. The van der Waals surface area contributed by atoms with Crippen LogP contribution in [-0.2, 0) is 33.8 Å². The molecule has 5 rings (SSSR count). The predicted octanol–water partition coefficient (Wildman–Crippen LogP) is 5.76. The van der Waals surface area contributed by atoms with E-state index in [2.05, 4.69) is 36.2 Å². The Bertz CT molecular complexity index is 1620. The lowest BCUT2D eigenvalue weighted by Crippen LogP contribution is -2.49. The van der Waals surface area contributed by atoms with Gasteiger partial charge >= 0.3 is 0 Å². The molecule has 0 radical (unpaired) electrons. The number of anilines is 1. The van der Waals surface area contributed by atoms with Gasteiger partial charge in [-0.3, -0.25) is 23.0 Å². The van der Waals surface area contributed by atoms with Crippen molar-refractivity contribution >= 4 is 39.5 Å². The van der Waals surface area contributed by atoms with Gasteiger partial charge in [-0.2, -0.15) is 0 Å². The van der Waals surface area contributed by atoms with Crippen molar-refractivity contribution in [1.82, 2.24) is 15.1 Å². The first-order chi connectivity index (χ1) is 22.4. The Morgan fingerprint density at radius 3 is 2.13 bits per heavy atom. The first kappa shape index (κ1) is 33.3. The van der Waals surface area contributed by atoms with Gasteiger partial charge < -0.3 is 14.8 Å². The number of carbonyl (C=O) groups is 2. The van der Waals surface area contributed by atoms with Crippen molar-refractivity contribution in [2.75, 3.05) is 30.5 Å². The van der Waals surface area contributed by atoms with E-state index in [1.807, 2.05) is 83.8 Å². The van der Waals surface area contributed by atoms with Crippen LogP contribution >= 0.6 is 0 Å². The van der Waals surface area contributed by atoms with Crippen molar-refractivity contribution in [3.8, 4) is 0 Å². The molecule has 1 heterocycles. The molecule has 2 amide bonds. The van der Waals surface area contributed by atoms with Crippen LogP contribution in [0.4, 0.5) is 5.69 Å². The Morgan fingerprint density at radius 2 is 1.48 bits per heavy atom. The largest absolute Gasteiger partial charge is 0.755 e. The normalized spacial score (nSPS) is 15.1. The van der Waals surface area contributed by atoms with Gasteiger partial charge in [-0.15, -0.1) is 0 Å². The fourth-order valence-electron chi connectivity index (χ4n) is 6.20. The van der Waals surface area contributed by atoms with Crippen LogP contribution in [-0.4, -0.2) is 62.6 Å². The highest BCUT2D eigenvalue weighted by Gasteiger charge is 2.31. The van der Waals surface area contributed by atoms with E-state index in [0.717, 1.165) is 48.8 Å². The summed E-state index contributed by atoms with van der Waals surface area (Å²) in [5.74, 6) is -0.492. The molecule has 4 aromatic rings. The predicted molar refractivity (Wildman–Crippen MR) is 184 cm³/mol. The van der Waals surface area contributed by atoms with E-state index >= 15 is 0 Å². The lowest BCUT2D eigenvalue weighted by atomic mass is 10.00. The summed E-state index contributed by atoms with van der Waals surface area (Å²) >= 11 is -2.68. The zero-order valence-electron chi connectivity index (χ0n) is 26.6. The average Bonchev–Trinajstić information content (AvgIpc) is 3.62. The second-order valence-electron chi connectivity index (χ2n) is 11.8. The molecule has 3 unspecified atom stereocenters. The Balaban J connectivity index is 1.39. The number of nitrogens with zero attached hydrogens (tertiary/aromatic N) is 3. The Morgan fingerprint density at radius 1 is 0.848 bits per heavy atom. The Kier molecular flexibility index (Phi) is 11.6. The quantitative estimate of drug-likeness (QED) is 0.177. The van der Waals surface area contributed by atoms with Crippen LogP contribution in [0.5, 0.6) is 0 Å². The van der Waals surface area contributed by atoms with Gasteiger partial charge in [-0.05, 0) is 65.5 Å².